The number of methoxy groups -OCH3 is 1. The Labute approximate surface area is 108 Å². The second kappa shape index (κ2) is 5.21. The van der Waals surface area contributed by atoms with Crippen molar-refractivity contribution in [1.82, 2.24) is 0 Å². The van der Waals surface area contributed by atoms with Crippen LogP contribution in [0.1, 0.15) is 31.7 Å². The molecule has 2 nitrogen and oxygen atoms in total. The van der Waals surface area contributed by atoms with Crippen molar-refractivity contribution >= 4 is 16.6 Å². The quantitative estimate of drug-likeness (QED) is 0.812. The second-order valence-electron chi connectivity index (χ2n) is 4.51. The summed E-state index contributed by atoms with van der Waals surface area (Å²) in [5.41, 5.74) is 1.08. The molecule has 0 aromatic heterocycles. The summed E-state index contributed by atoms with van der Waals surface area (Å²) in [5, 5.41) is 2.28. The van der Waals surface area contributed by atoms with Crippen LogP contribution in [0.3, 0.4) is 0 Å². The summed E-state index contributed by atoms with van der Waals surface area (Å²) >= 11 is 0. The van der Waals surface area contributed by atoms with Gasteiger partial charge >= 0.3 is 0 Å². The van der Waals surface area contributed by atoms with E-state index in [0.29, 0.717) is 6.42 Å². The smallest absolute Gasteiger partial charge is 0.139 e. The lowest BCUT2D eigenvalue weighted by atomic mass is 9.93. The standard InChI is InChI=1S/C16H18O2/c1-4-16(17)11(2)12-5-6-14-10-15(18-3)8-7-13(14)9-12/h5-11H,4H2,1-3H3/t11-/m0/s1. The van der Waals surface area contributed by atoms with Gasteiger partial charge in [-0.05, 0) is 28.5 Å². The van der Waals surface area contributed by atoms with E-state index >= 15 is 0 Å². The monoisotopic (exact) mass is 242 g/mol. The Morgan fingerprint density at radius 2 is 1.83 bits per heavy atom. The summed E-state index contributed by atoms with van der Waals surface area (Å²) < 4.78 is 5.20. The van der Waals surface area contributed by atoms with Crippen LogP contribution >= 0.6 is 0 Å². The van der Waals surface area contributed by atoms with Crippen LogP contribution in [-0.2, 0) is 4.79 Å². The topological polar surface area (TPSA) is 26.3 Å². The average molecular weight is 242 g/mol. The van der Waals surface area contributed by atoms with E-state index in [1.165, 1.54) is 0 Å². The Balaban J connectivity index is 2.42. The average Bonchev–Trinajstić information content (AvgIpc) is 2.44. The lowest BCUT2D eigenvalue weighted by molar-refractivity contribution is -0.119. The van der Waals surface area contributed by atoms with E-state index < -0.39 is 0 Å². The van der Waals surface area contributed by atoms with Gasteiger partial charge in [-0.25, -0.2) is 0 Å². The van der Waals surface area contributed by atoms with Crippen LogP contribution in [0.25, 0.3) is 10.8 Å². The number of Topliss-reactive ketones (excluding diaryl/α,β-unsaturated/α-hetero) is 1. The second-order valence-corrected chi connectivity index (χ2v) is 4.51. The maximum absolute atomic E-state index is 11.7. The van der Waals surface area contributed by atoms with Crippen molar-refractivity contribution in [3.8, 4) is 5.75 Å². The first-order valence-corrected chi connectivity index (χ1v) is 6.26. The number of rotatable bonds is 4. The zero-order chi connectivity index (χ0) is 13.1. The summed E-state index contributed by atoms with van der Waals surface area (Å²) in [5.74, 6) is 1.11. The first-order valence-electron chi connectivity index (χ1n) is 6.26. The van der Waals surface area contributed by atoms with Crippen molar-refractivity contribution in [3.63, 3.8) is 0 Å². The molecule has 0 saturated carbocycles. The zero-order valence-corrected chi connectivity index (χ0v) is 11.1. The summed E-state index contributed by atoms with van der Waals surface area (Å²) in [6.45, 7) is 3.88. The molecule has 0 saturated heterocycles. The van der Waals surface area contributed by atoms with Crippen LogP contribution in [-0.4, -0.2) is 12.9 Å². The molecule has 2 aromatic carbocycles. The van der Waals surface area contributed by atoms with Gasteiger partial charge in [0.1, 0.15) is 11.5 Å². The number of hydrogen-bond donors (Lipinski definition) is 0. The van der Waals surface area contributed by atoms with Gasteiger partial charge in [0.2, 0.25) is 0 Å². The largest absolute Gasteiger partial charge is 0.497 e. The molecule has 0 amide bonds. The van der Waals surface area contributed by atoms with Gasteiger partial charge in [-0.15, -0.1) is 0 Å². The fourth-order valence-electron chi connectivity index (χ4n) is 2.13. The highest BCUT2D eigenvalue weighted by Gasteiger charge is 2.13. The summed E-state index contributed by atoms with van der Waals surface area (Å²) in [4.78, 5) is 11.7. The van der Waals surface area contributed by atoms with Crippen molar-refractivity contribution in [2.75, 3.05) is 7.11 Å². The van der Waals surface area contributed by atoms with E-state index in [4.69, 9.17) is 4.74 Å². The van der Waals surface area contributed by atoms with E-state index in [-0.39, 0.29) is 11.7 Å². The molecule has 2 rings (SSSR count). The van der Waals surface area contributed by atoms with E-state index in [2.05, 4.69) is 6.07 Å². The number of ketones is 1. The molecular weight excluding hydrogens is 224 g/mol. The van der Waals surface area contributed by atoms with Gasteiger partial charge in [0, 0.05) is 12.3 Å². The Kier molecular flexibility index (Phi) is 3.66. The molecule has 0 unspecified atom stereocenters. The van der Waals surface area contributed by atoms with E-state index in [1.807, 2.05) is 44.2 Å². The van der Waals surface area contributed by atoms with Crippen LogP contribution in [0.5, 0.6) is 5.75 Å². The lowest BCUT2D eigenvalue weighted by Gasteiger charge is -2.11. The molecule has 0 radical (unpaired) electrons. The molecule has 1 atom stereocenters. The first-order chi connectivity index (χ1) is 8.65. The molecule has 0 N–H and O–H groups in total. The van der Waals surface area contributed by atoms with Crippen LogP contribution in [0, 0.1) is 0 Å². The Morgan fingerprint density at radius 3 is 2.50 bits per heavy atom. The number of hydrogen-bond acceptors (Lipinski definition) is 2. The molecular formula is C16H18O2. The minimum atomic E-state index is -0.0264. The fraction of sp³-hybridized carbons (Fsp3) is 0.312. The van der Waals surface area contributed by atoms with Crippen LogP contribution in [0.15, 0.2) is 36.4 Å². The molecule has 0 bridgehead atoms. The first kappa shape index (κ1) is 12.6. The number of fused-ring (bicyclic) bond motifs is 1. The highest BCUT2D eigenvalue weighted by molar-refractivity contribution is 5.89. The van der Waals surface area contributed by atoms with Gasteiger partial charge in [-0.1, -0.05) is 38.1 Å². The molecule has 2 aromatic rings. The molecule has 0 spiro atoms. The van der Waals surface area contributed by atoms with Crippen LogP contribution < -0.4 is 4.74 Å². The van der Waals surface area contributed by atoms with Gasteiger partial charge in [0.25, 0.3) is 0 Å². The van der Waals surface area contributed by atoms with Crippen molar-refractivity contribution < 1.29 is 9.53 Å². The third kappa shape index (κ3) is 2.37. The third-order valence-electron chi connectivity index (χ3n) is 3.40. The molecule has 0 aliphatic rings. The van der Waals surface area contributed by atoms with Crippen molar-refractivity contribution in [1.29, 1.82) is 0 Å². The number of carbonyl (C=O) groups excluding carboxylic acids is 1. The summed E-state index contributed by atoms with van der Waals surface area (Å²) in [7, 11) is 1.66. The predicted molar refractivity (Wildman–Crippen MR) is 74.2 cm³/mol. The normalized spacial score (nSPS) is 12.4. The highest BCUT2D eigenvalue weighted by atomic mass is 16.5. The number of benzene rings is 2. The maximum Gasteiger partial charge on any atom is 0.139 e. The lowest BCUT2D eigenvalue weighted by Crippen LogP contribution is -2.07. The Hall–Kier alpha value is -1.83. The molecule has 2 heteroatoms. The molecule has 0 heterocycles. The SMILES string of the molecule is CCC(=O)[C@@H](C)c1ccc2cc(OC)ccc2c1. The molecule has 0 aliphatic heterocycles. The Bertz CT molecular complexity index is 572. The van der Waals surface area contributed by atoms with Crippen LogP contribution in [0.2, 0.25) is 0 Å². The van der Waals surface area contributed by atoms with Crippen molar-refractivity contribution in [2.24, 2.45) is 0 Å². The maximum atomic E-state index is 11.7. The highest BCUT2D eigenvalue weighted by Crippen LogP contribution is 2.25. The number of ether oxygens (including phenoxy) is 1. The molecule has 0 fully saturated rings. The van der Waals surface area contributed by atoms with E-state index in [1.54, 1.807) is 7.11 Å². The van der Waals surface area contributed by atoms with Gasteiger partial charge in [-0.2, -0.15) is 0 Å². The van der Waals surface area contributed by atoms with Gasteiger partial charge < -0.3 is 4.74 Å². The van der Waals surface area contributed by atoms with Crippen LogP contribution in [0.4, 0.5) is 0 Å². The van der Waals surface area contributed by atoms with Gasteiger partial charge in [-0.3, -0.25) is 4.79 Å². The molecule has 94 valence electrons. The molecule has 0 aliphatic carbocycles. The third-order valence-corrected chi connectivity index (χ3v) is 3.40. The Morgan fingerprint density at radius 1 is 1.17 bits per heavy atom. The number of carbonyl (C=O) groups is 1. The zero-order valence-electron chi connectivity index (χ0n) is 11.1. The predicted octanol–water partition coefficient (Wildman–Crippen LogP) is 3.93. The van der Waals surface area contributed by atoms with Gasteiger partial charge in [0.15, 0.2) is 0 Å². The van der Waals surface area contributed by atoms with E-state index in [9.17, 15) is 4.79 Å². The minimum Gasteiger partial charge on any atom is -0.497 e. The van der Waals surface area contributed by atoms with E-state index in [0.717, 1.165) is 22.1 Å². The van der Waals surface area contributed by atoms with Gasteiger partial charge in [0.05, 0.1) is 7.11 Å². The van der Waals surface area contributed by atoms with Crippen molar-refractivity contribution in [3.05, 3.63) is 42.0 Å². The molecule has 18 heavy (non-hydrogen) atoms. The van der Waals surface area contributed by atoms with Crippen molar-refractivity contribution in [2.45, 2.75) is 26.2 Å². The summed E-state index contributed by atoms with van der Waals surface area (Å²) in [6, 6.07) is 12.1. The summed E-state index contributed by atoms with van der Waals surface area (Å²) in [6.07, 6.45) is 0.585. The fourth-order valence-corrected chi connectivity index (χ4v) is 2.13. The minimum absolute atomic E-state index is 0.0264.